The summed E-state index contributed by atoms with van der Waals surface area (Å²) in [6.07, 6.45) is 3.76. The van der Waals surface area contributed by atoms with Gasteiger partial charge in [-0.1, -0.05) is 18.2 Å². The van der Waals surface area contributed by atoms with E-state index in [1.165, 1.54) is 0 Å². The number of morpholine rings is 2. The summed E-state index contributed by atoms with van der Waals surface area (Å²) in [7, 11) is 0. The summed E-state index contributed by atoms with van der Waals surface area (Å²) in [4.78, 5) is 12.5. The number of benzene rings is 1. The number of hydrogen-bond donors (Lipinski definition) is 2. The molecule has 0 unspecified atom stereocenters. The molecule has 2 aliphatic heterocycles. The highest BCUT2D eigenvalue weighted by Crippen LogP contribution is 2.25. The SMILES string of the molecule is C(=N/Nc1cc(N2CCOCC2)cc(OCCN2CCOCC2)n1)/c1c[nH]c2ccccc12. The van der Waals surface area contributed by atoms with Crippen LogP contribution in [0.15, 0.2) is 47.7 Å². The highest BCUT2D eigenvalue weighted by molar-refractivity contribution is 5.99. The van der Waals surface area contributed by atoms with Crippen LogP contribution >= 0.6 is 0 Å². The minimum absolute atomic E-state index is 0.581. The Balaban J connectivity index is 1.28. The van der Waals surface area contributed by atoms with Gasteiger partial charge in [0.25, 0.3) is 0 Å². The van der Waals surface area contributed by atoms with E-state index in [9.17, 15) is 0 Å². The van der Waals surface area contributed by atoms with Crippen LogP contribution in [0.25, 0.3) is 10.9 Å². The predicted octanol–water partition coefficient (Wildman–Crippen LogP) is 2.56. The smallest absolute Gasteiger partial charge is 0.217 e. The topological polar surface area (TPSA) is 87.2 Å². The number of aromatic amines is 1. The van der Waals surface area contributed by atoms with E-state index >= 15 is 0 Å². The van der Waals surface area contributed by atoms with Gasteiger partial charge in [-0.25, -0.2) is 0 Å². The largest absolute Gasteiger partial charge is 0.476 e. The van der Waals surface area contributed by atoms with Gasteiger partial charge in [-0.15, -0.1) is 0 Å². The first-order valence-corrected chi connectivity index (χ1v) is 11.5. The Labute approximate surface area is 193 Å². The third kappa shape index (κ3) is 5.62. The van der Waals surface area contributed by atoms with Crippen molar-refractivity contribution in [2.24, 2.45) is 5.10 Å². The Morgan fingerprint density at radius 3 is 2.70 bits per heavy atom. The van der Waals surface area contributed by atoms with E-state index in [4.69, 9.17) is 14.2 Å². The average molecular weight is 451 g/mol. The van der Waals surface area contributed by atoms with Crippen LogP contribution in [-0.2, 0) is 9.47 Å². The summed E-state index contributed by atoms with van der Waals surface area (Å²) in [5.74, 6) is 1.24. The molecular formula is C24H30N6O3. The Morgan fingerprint density at radius 2 is 1.85 bits per heavy atom. The maximum absolute atomic E-state index is 6.04. The molecule has 0 spiro atoms. The first-order valence-electron chi connectivity index (χ1n) is 11.5. The van der Waals surface area contributed by atoms with Crippen molar-refractivity contribution in [1.82, 2.24) is 14.9 Å². The van der Waals surface area contributed by atoms with Gasteiger partial charge in [0.1, 0.15) is 6.61 Å². The van der Waals surface area contributed by atoms with Gasteiger partial charge in [-0.2, -0.15) is 10.1 Å². The lowest BCUT2D eigenvalue weighted by Crippen LogP contribution is -2.38. The number of nitrogens with one attached hydrogen (secondary N) is 2. The Hall–Kier alpha value is -3.14. The van der Waals surface area contributed by atoms with Crippen molar-refractivity contribution >= 4 is 28.6 Å². The van der Waals surface area contributed by atoms with E-state index in [0.29, 0.717) is 18.3 Å². The summed E-state index contributed by atoms with van der Waals surface area (Å²) >= 11 is 0. The van der Waals surface area contributed by atoms with Gasteiger partial charge in [0, 0.05) is 73.2 Å². The Morgan fingerprint density at radius 1 is 1.06 bits per heavy atom. The van der Waals surface area contributed by atoms with E-state index < -0.39 is 0 Å². The monoisotopic (exact) mass is 450 g/mol. The number of pyridine rings is 1. The summed E-state index contributed by atoms with van der Waals surface area (Å²) in [6.45, 7) is 8.02. The molecule has 0 atom stereocenters. The number of nitrogens with zero attached hydrogens (tertiary/aromatic N) is 4. The van der Waals surface area contributed by atoms with Crippen LogP contribution in [0.4, 0.5) is 11.5 Å². The number of aromatic nitrogens is 2. The lowest BCUT2D eigenvalue weighted by Gasteiger charge is -2.29. The third-order valence-corrected chi connectivity index (χ3v) is 5.93. The third-order valence-electron chi connectivity index (χ3n) is 5.93. The molecule has 0 bridgehead atoms. The van der Waals surface area contributed by atoms with Crippen molar-refractivity contribution in [3.05, 3.63) is 48.2 Å². The maximum atomic E-state index is 6.04. The van der Waals surface area contributed by atoms with Gasteiger partial charge < -0.3 is 24.1 Å². The molecule has 0 saturated carbocycles. The van der Waals surface area contributed by atoms with Crippen molar-refractivity contribution in [2.45, 2.75) is 0 Å². The molecule has 0 aliphatic carbocycles. The predicted molar refractivity (Wildman–Crippen MR) is 130 cm³/mol. The summed E-state index contributed by atoms with van der Waals surface area (Å²) in [6, 6.07) is 12.2. The van der Waals surface area contributed by atoms with Crippen molar-refractivity contribution in [3.63, 3.8) is 0 Å². The highest BCUT2D eigenvalue weighted by atomic mass is 16.5. The van der Waals surface area contributed by atoms with Crippen LogP contribution in [0.5, 0.6) is 5.88 Å². The van der Waals surface area contributed by atoms with E-state index in [2.05, 4.69) is 36.4 Å². The Kier molecular flexibility index (Phi) is 7.00. The fraction of sp³-hybridized carbons (Fsp3) is 0.417. The molecule has 2 N–H and O–H groups in total. The number of para-hydroxylation sites is 1. The molecule has 9 nitrogen and oxygen atoms in total. The van der Waals surface area contributed by atoms with E-state index in [1.54, 1.807) is 6.21 Å². The van der Waals surface area contributed by atoms with Crippen LogP contribution in [-0.4, -0.2) is 86.8 Å². The standard InChI is InChI=1S/C24H30N6O3/c1-2-4-22-21(3-1)19(17-25-22)18-26-28-23-15-20(30-8-12-32-13-9-30)16-24(27-23)33-14-7-29-5-10-31-11-6-29/h1-4,15-18,25H,5-14H2,(H,27,28)/b26-18-. The Bertz CT molecular complexity index is 1070. The van der Waals surface area contributed by atoms with Gasteiger partial charge in [0.15, 0.2) is 5.82 Å². The zero-order valence-corrected chi connectivity index (χ0v) is 18.7. The molecule has 2 aliphatic rings. The molecule has 0 amide bonds. The molecule has 3 aromatic rings. The van der Waals surface area contributed by atoms with Crippen molar-refractivity contribution < 1.29 is 14.2 Å². The molecule has 2 aromatic heterocycles. The average Bonchev–Trinajstić information content (AvgIpc) is 3.28. The highest BCUT2D eigenvalue weighted by Gasteiger charge is 2.15. The van der Waals surface area contributed by atoms with E-state index in [1.807, 2.05) is 36.5 Å². The summed E-state index contributed by atoms with van der Waals surface area (Å²) in [5, 5.41) is 5.57. The summed E-state index contributed by atoms with van der Waals surface area (Å²) in [5.41, 5.74) is 6.25. The molecule has 4 heterocycles. The minimum Gasteiger partial charge on any atom is -0.476 e. The number of anilines is 2. The van der Waals surface area contributed by atoms with Crippen molar-refractivity contribution in [2.75, 3.05) is 76.1 Å². The second-order valence-corrected chi connectivity index (χ2v) is 8.11. The molecular weight excluding hydrogens is 420 g/mol. The number of hydrogen-bond acceptors (Lipinski definition) is 8. The number of hydrazone groups is 1. The maximum Gasteiger partial charge on any atom is 0.217 e. The zero-order valence-electron chi connectivity index (χ0n) is 18.7. The molecule has 33 heavy (non-hydrogen) atoms. The fourth-order valence-corrected chi connectivity index (χ4v) is 4.10. The normalized spacial score (nSPS) is 17.6. The van der Waals surface area contributed by atoms with Crippen molar-refractivity contribution in [1.29, 1.82) is 0 Å². The van der Waals surface area contributed by atoms with Crippen LogP contribution in [0.2, 0.25) is 0 Å². The van der Waals surface area contributed by atoms with Gasteiger partial charge >= 0.3 is 0 Å². The van der Waals surface area contributed by atoms with Crippen LogP contribution in [0.1, 0.15) is 5.56 Å². The lowest BCUT2D eigenvalue weighted by molar-refractivity contribution is 0.0320. The van der Waals surface area contributed by atoms with E-state index in [0.717, 1.165) is 81.3 Å². The lowest BCUT2D eigenvalue weighted by atomic mass is 10.2. The second-order valence-electron chi connectivity index (χ2n) is 8.11. The summed E-state index contributed by atoms with van der Waals surface area (Å²) < 4.78 is 17.0. The number of H-pyrrole nitrogens is 1. The van der Waals surface area contributed by atoms with Gasteiger partial charge in [0.2, 0.25) is 5.88 Å². The van der Waals surface area contributed by atoms with Gasteiger partial charge in [-0.3, -0.25) is 10.3 Å². The minimum atomic E-state index is 0.581. The fourth-order valence-electron chi connectivity index (χ4n) is 4.10. The molecule has 174 valence electrons. The molecule has 9 heteroatoms. The first-order chi connectivity index (χ1) is 16.3. The molecule has 5 rings (SSSR count). The molecule has 0 radical (unpaired) electrons. The first kappa shape index (κ1) is 21.7. The van der Waals surface area contributed by atoms with Gasteiger partial charge in [0.05, 0.1) is 32.6 Å². The van der Waals surface area contributed by atoms with Crippen LogP contribution < -0.4 is 15.1 Å². The van der Waals surface area contributed by atoms with Crippen LogP contribution in [0, 0.1) is 0 Å². The molecule has 2 saturated heterocycles. The zero-order chi connectivity index (χ0) is 22.3. The molecule has 1 aromatic carbocycles. The van der Waals surface area contributed by atoms with Crippen LogP contribution in [0.3, 0.4) is 0 Å². The van der Waals surface area contributed by atoms with Crippen molar-refractivity contribution in [3.8, 4) is 5.88 Å². The second kappa shape index (κ2) is 10.7. The number of ether oxygens (including phenoxy) is 3. The molecule has 2 fully saturated rings. The number of fused-ring (bicyclic) bond motifs is 1. The van der Waals surface area contributed by atoms with Gasteiger partial charge in [-0.05, 0) is 6.07 Å². The van der Waals surface area contributed by atoms with E-state index in [-0.39, 0.29) is 0 Å². The number of rotatable bonds is 8. The quantitative estimate of drug-likeness (QED) is 0.403.